The summed E-state index contributed by atoms with van der Waals surface area (Å²) in [6, 6.07) is 0. The van der Waals surface area contributed by atoms with Gasteiger partial charge in [-0.25, -0.2) is 0 Å². The third kappa shape index (κ3) is 75.8. The Labute approximate surface area is 136 Å². The van der Waals surface area contributed by atoms with E-state index in [0.717, 1.165) is 13.0 Å². The van der Waals surface area contributed by atoms with Crippen molar-refractivity contribution in [2.24, 2.45) is 28.3 Å². The van der Waals surface area contributed by atoms with Gasteiger partial charge in [0.05, 0.1) is 12.3 Å². The van der Waals surface area contributed by atoms with E-state index in [9.17, 15) is 8.42 Å². The molecule has 0 bridgehead atoms. The Morgan fingerprint density at radius 1 is 1.18 bits per heavy atom. The van der Waals surface area contributed by atoms with Crippen LogP contribution < -0.4 is 22.9 Å². The highest BCUT2D eigenvalue weighted by atomic mass is 32.2. The quantitative estimate of drug-likeness (QED) is 0.272. The highest BCUT2D eigenvalue weighted by molar-refractivity contribution is 7.85. The molecule has 0 fully saturated rings. The molecule has 0 saturated heterocycles. The molecular formula is C14H34N4O3S. The highest BCUT2D eigenvalue weighted by Gasteiger charge is 2.06. The van der Waals surface area contributed by atoms with Crippen molar-refractivity contribution >= 4 is 10.1 Å². The van der Waals surface area contributed by atoms with E-state index in [4.69, 9.17) is 27.5 Å². The van der Waals surface area contributed by atoms with E-state index in [-0.39, 0.29) is 12.3 Å². The van der Waals surface area contributed by atoms with Crippen LogP contribution in [-0.4, -0.2) is 44.9 Å². The van der Waals surface area contributed by atoms with Crippen molar-refractivity contribution in [3.8, 4) is 12.3 Å². The molecule has 0 saturated carbocycles. The molecule has 0 aliphatic rings. The molecule has 0 aromatic carbocycles. The minimum Gasteiger partial charge on any atom is -0.330 e. The van der Waals surface area contributed by atoms with Crippen molar-refractivity contribution in [3.05, 3.63) is 12.7 Å². The molecular weight excluding hydrogens is 304 g/mol. The van der Waals surface area contributed by atoms with Crippen LogP contribution in [0.25, 0.3) is 0 Å². The lowest BCUT2D eigenvalue weighted by Gasteiger charge is -2.15. The number of terminal acetylenes is 1. The van der Waals surface area contributed by atoms with E-state index in [0.29, 0.717) is 18.5 Å². The molecule has 0 atom stereocenters. The van der Waals surface area contributed by atoms with Gasteiger partial charge in [0, 0.05) is 13.1 Å². The molecule has 9 N–H and O–H groups in total. The Morgan fingerprint density at radius 2 is 1.55 bits per heavy atom. The second kappa shape index (κ2) is 20.1. The number of hydrogen-bond acceptors (Lipinski definition) is 6. The third-order valence-corrected chi connectivity index (χ3v) is 2.31. The average molecular weight is 339 g/mol. The minimum absolute atomic E-state index is 0.0289. The van der Waals surface area contributed by atoms with Crippen LogP contribution in [0.2, 0.25) is 0 Å². The Morgan fingerprint density at radius 3 is 1.55 bits per heavy atom. The molecule has 0 aliphatic heterocycles. The van der Waals surface area contributed by atoms with Crippen molar-refractivity contribution in [1.82, 2.24) is 0 Å². The summed E-state index contributed by atoms with van der Waals surface area (Å²) in [7, 11) is -3.80. The molecule has 0 aliphatic carbocycles. The van der Waals surface area contributed by atoms with Crippen LogP contribution in [0.1, 0.15) is 27.2 Å². The Hall–Kier alpha value is -0.950. The maximum atomic E-state index is 9.71. The molecule has 7 nitrogen and oxygen atoms in total. The zero-order chi connectivity index (χ0) is 18.7. The second-order valence-electron chi connectivity index (χ2n) is 5.11. The van der Waals surface area contributed by atoms with Gasteiger partial charge >= 0.3 is 0 Å². The number of hydrogen-bond donors (Lipinski definition) is 5. The maximum absolute atomic E-state index is 9.71. The molecule has 0 aromatic rings. The third-order valence-electron chi connectivity index (χ3n) is 1.55. The smallest absolute Gasteiger partial charge is 0.266 e. The van der Waals surface area contributed by atoms with Crippen molar-refractivity contribution in [3.63, 3.8) is 0 Å². The lowest BCUT2D eigenvalue weighted by molar-refractivity contribution is 0.385. The molecule has 0 spiro atoms. The fraction of sp³-hybridized carbons (Fsp3) is 0.714. The summed E-state index contributed by atoms with van der Waals surface area (Å²) < 4.78 is 27.3. The normalized spacial score (nSPS) is 9.59. The minimum atomic E-state index is -3.80. The van der Waals surface area contributed by atoms with Crippen molar-refractivity contribution < 1.29 is 13.0 Å². The molecule has 0 heterocycles. The van der Waals surface area contributed by atoms with Crippen LogP contribution in [0.15, 0.2) is 12.7 Å². The van der Waals surface area contributed by atoms with E-state index < -0.39 is 10.1 Å². The van der Waals surface area contributed by atoms with Gasteiger partial charge in [0.15, 0.2) is 0 Å². The first-order chi connectivity index (χ1) is 9.95. The van der Waals surface area contributed by atoms with E-state index in [1.54, 1.807) is 6.08 Å². The summed E-state index contributed by atoms with van der Waals surface area (Å²) in [4.78, 5) is 0. The van der Waals surface area contributed by atoms with Crippen LogP contribution in [0.4, 0.5) is 0 Å². The molecule has 134 valence electrons. The average Bonchev–Trinajstić information content (AvgIpc) is 2.37. The number of rotatable bonds is 4. The van der Waals surface area contributed by atoms with Gasteiger partial charge in [-0.05, 0) is 18.4 Å². The summed E-state index contributed by atoms with van der Waals surface area (Å²) in [6.45, 7) is 11.6. The van der Waals surface area contributed by atoms with Gasteiger partial charge < -0.3 is 22.9 Å². The zero-order valence-corrected chi connectivity index (χ0v) is 14.9. The summed E-state index contributed by atoms with van der Waals surface area (Å²) in [5, 5.41) is 0. The summed E-state index contributed by atoms with van der Waals surface area (Å²) in [5.41, 5.74) is 20.2. The molecule has 8 heteroatoms. The van der Waals surface area contributed by atoms with Gasteiger partial charge in [-0.2, -0.15) is 8.42 Å². The van der Waals surface area contributed by atoms with Crippen molar-refractivity contribution in [2.75, 3.05) is 31.9 Å². The van der Waals surface area contributed by atoms with Crippen molar-refractivity contribution in [2.45, 2.75) is 27.2 Å². The van der Waals surface area contributed by atoms with Crippen molar-refractivity contribution in [1.29, 1.82) is 0 Å². The van der Waals surface area contributed by atoms with E-state index in [1.807, 2.05) is 0 Å². The summed E-state index contributed by atoms with van der Waals surface area (Å²) in [5.74, 6) is 1.85. The van der Waals surface area contributed by atoms with Gasteiger partial charge in [-0.15, -0.1) is 13.0 Å². The fourth-order valence-corrected chi connectivity index (χ4v) is 0.880. The fourth-order valence-electron chi connectivity index (χ4n) is 0.582. The standard InChI is InChI=1S/C6H15N.C3H7N.C3H5N.C2H7NO3S/c1-6(2,3)4-5-7;2*1-2-3-4;3-1-2-7(4,5)6/h4-5,7H2,1-3H3;2H,1,3-4H2;1H,3-4H2;1-3H2,(H,4,5,6). The summed E-state index contributed by atoms with van der Waals surface area (Å²) >= 11 is 0. The highest BCUT2D eigenvalue weighted by Crippen LogP contribution is 2.16. The lowest BCUT2D eigenvalue weighted by Crippen LogP contribution is -2.13. The van der Waals surface area contributed by atoms with Gasteiger partial charge in [0.25, 0.3) is 10.1 Å². The molecule has 0 rings (SSSR count). The lowest BCUT2D eigenvalue weighted by atomic mass is 9.93. The molecule has 0 unspecified atom stereocenters. The van der Waals surface area contributed by atoms with E-state index in [1.165, 1.54) is 0 Å². The Balaban J connectivity index is -0.000000102. The van der Waals surface area contributed by atoms with E-state index in [2.05, 4.69) is 39.7 Å². The predicted octanol–water partition coefficient (Wildman–Crippen LogP) is -0.0764. The largest absolute Gasteiger partial charge is 0.330 e. The van der Waals surface area contributed by atoms with Crippen LogP contribution in [0.5, 0.6) is 0 Å². The SMILES string of the molecule is C#CCN.C=CCN.CC(C)(C)CCN.NCCS(=O)(=O)O. The predicted molar refractivity (Wildman–Crippen MR) is 95.7 cm³/mol. The summed E-state index contributed by atoms with van der Waals surface area (Å²) in [6.07, 6.45) is 7.42. The Kier molecular flexibility index (Phi) is 26.5. The van der Waals surface area contributed by atoms with Crippen LogP contribution >= 0.6 is 0 Å². The molecule has 0 aromatic heterocycles. The first-order valence-electron chi connectivity index (χ1n) is 6.75. The molecule has 22 heavy (non-hydrogen) atoms. The topological polar surface area (TPSA) is 158 Å². The van der Waals surface area contributed by atoms with E-state index >= 15 is 0 Å². The van der Waals surface area contributed by atoms with Crippen LogP contribution in [0.3, 0.4) is 0 Å². The molecule has 0 amide bonds. The van der Waals surface area contributed by atoms with Gasteiger partial charge in [-0.3, -0.25) is 4.55 Å². The second-order valence-corrected chi connectivity index (χ2v) is 6.68. The van der Waals surface area contributed by atoms with Gasteiger partial charge in [-0.1, -0.05) is 32.8 Å². The number of nitrogens with two attached hydrogens (primary N) is 4. The maximum Gasteiger partial charge on any atom is 0.266 e. The molecule has 0 radical (unpaired) electrons. The van der Waals surface area contributed by atoms with Gasteiger partial charge in [0.2, 0.25) is 0 Å². The van der Waals surface area contributed by atoms with Crippen LogP contribution in [-0.2, 0) is 10.1 Å². The zero-order valence-electron chi connectivity index (χ0n) is 14.1. The monoisotopic (exact) mass is 338 g/mol. The van der Waals surface area contributed by atoms with Gasteiger partial charge in [0.1, 0.15) is 0 Å². The first kappa shape index (κ1) is 29.1. The first-order valence-corrected chi connectivity index (χ1v) is 8.36. The Bertz CT molecular complexity index is 357. The van der Waals surface area contributed by atoms with Crippen LogP contribution in [0, 0.1) is 17.8 Å².